The minimum absolute atomic E-state index is 0.518. The number of aliphatic imine (C=N–C) groups is 1. The molecule has 0 spiro atoms. The molecule has 0 fully saturated rings. The highest BCUT2D eigenvalue weighted by Crippen LogP contribution is 2.19. The highest BCUT2D eigenvalue weighted by atomic mass is 16.5. The fourth-order valence-corrected chi connectivity index (χ4v) is 2.87. The van der Waals surface area contributed by atoms with Gasteiger partial charge in [0, 0.05) is 11.1 Å². The van der Waals surface area contributed by atoms with Crippen molar-refractivity contribution in [3.05, 3.63) is 126 Å². The maximum absolute atomic E-state index is 5.81. The Labute approximate surface area is 165 Å². The van der Waals surface area contributed by atoms with Gasteiger partial charge in [0.25, 0.3) is 0 Å². The first-order valence-electron chi connectivity index (χ1n) is 9.21. The quantitative estimate of drug-likeness (QED) is 0.403. The van der Waals surface area contributed by atoms with Gasteiger partial charge in [0.05, 0.1) is 11.9 Å². The van der Waals surface area contributed by atoms with Crippen molar-refractivity contribution in [2.24, 2.45) is 4.99 Å². The van der Waals surface area contributed by atoms with Crippen LogP contribution in [0.25, 0.3) is 0 Å². The molecule has 4 aromatic rings. The molecule has 0 aliphatic heterocycles. The number of benzene rings is 3. The van der Waals surface area contributed by atoms with Crippen molar-refractivity contribution in [3.63, 3.8) is 0 Å². The molecule has 136 valence electrons. The van der Waals surface area contributed by atoms with Crippen LogP contribution in [0.3, 0.4) is 0 Å². The molecule has 0 aliphatic rings. The van der Waals surface area contributed by atoms with E-state index in [1.807, 2.05) is 78.9 Å². The van der Waals surface area contributed by atoms with E-state index in [1.165, 1.54) is 0 Å². The summed E-state index contributed by atoms with van der Waals surface area (Å²) in [5.41, 5.74) is 4.13. The molecule has 0 saturated carbocycles. The minimum atomic E-state index is 0.518. The summed E-state index contributed by atoms with van der Waals surface area (Å²) in [6.45, 7) is 0.518. The van der Waals surface area contributed by atoms with Crippen molar-refractivity contribution in [3.8, 4) is 5.75 Å². The van der Waals surface area contributed by atoms with E-state index in [0.717, 1.165) is 28.2 Å². The van der Waals surface area contributed by atoms with Crippen molar-refractivity contribution in [2.75, 3.05) is 0 Å². The predicted octanol–water partition coefficient (Wildman–Crippen LogP) is 5.83. The molecule has 0 bridgehead atoms. The van der Waals surface area contributed by atoms with E-state index >= 15 is 0 Å². The zero-order valence-corrected chi connectivity index (χ0v) is 15.4. The van der Waals surface area contributed by atoms with Gasteiger partial charge in [-0.1, -0.05) is 91.0 Å². The van der Waals surface area contributed by atoms with Crippen molar-refractivity contribution in [2.45, 2.75) is 6.61 Å². The summed E-state index contributed by atoms with van der Waals surface area (Å²) >= 11 is 0. The number of nitrogens with zero attached hydrogens (tertiary/aromatic N) is 2. The summed E-state index contributed by atoms with van der Waals surface area (Å²) in [4.78, 5) is 9.28. The maximum Gasteiger partial charge on any atom is 0.152 e. The van der Waals surface area contributed by atoms with E-state index in [2.05, 4.69) is 29.2 Å². The third-order valence-corrected chi connectivity index (χ3v) is 4.29. The molecular weight excluding hydrogens is 344 g/mol. The van der Waals surface area contributed by atoms with E-state index in [1.54, 1.807) is 6.20 Å². The molecule has 3 aromatic carbocycles. The van der Waals surface area contributed by atoms with E-state index in [-0.39, 0.29) is 0 Å². The standard InChI is InChI=1S/C25H20N2O/c1-4-10-20(11-5-1)19-28-23-16-17-24(26-18-23)27-25(21-12-6-2-7-13-21)22-14-8-3-9-15-22/h1-18H,19H2. The monoisotopic (exact) mass is 364 g/mol. The molecule has 0 radical (unpaired) electrons. The molecule has 3 nitrogen and oxygen atoms in total. The number of hydrogen-bond acceptors (Lipinski definition) is 3. The second kappa shape index (κ2) is 8.78. The molecule has 0 N–H and O–H groups in total. The van der Waals surface area contributed by atoms with E-state index < -0.39 is 0 Å². The van der Waals surface area contributed by atoms with Gasteiger partial charge in [0.15, 0.2) is 5.82 Å². The van der Waals surface area contributed by atoms with Gasteiger partial charge < -0.3 is 4.74 Å². The van der Waals surface area contributed by atoms with Gasteiger partial charge in [-0.3, -0.25) is 0 Å². The smallest absolute Gasteiger partial charge is 0.152 e. The van der Waals surface area contributed by atoms with Gasteiger partial charge in [-0.15, -0.1) is 0 Å². The Balaban J connectivity index is 1.57. The first kappa shape index (κ1) is 17.7. The first-order valence-corrected chi connectivity index (χ1v) is 9.21. The Bertz CT molecular complexity index is 987. The van der Waals surface area contributed by atoms with Gasteiger partial charge in [0.2, 0.25) is 0 Å². The minimum Gasteiger partial charge on any atom is -0.487 e. The van der Waals surface area contributed by atoms with Crippen LogP contribution < -0.4 is 4.74 Å². The Hall–Kier alpha value is -3.72. The molecule has 0 aliphatic carbocycles. The Morgan fingerprint density at radius 1 is 0.679 bits per heavy atom. The lowest BCUT2D eigenvalue weighted by atomic mass is 10.0. The molecule has 4 rings (SSSR count). The summed E-state index contributed by atoms with van der Waals surface area (Å²) in [5, 5.41) is 0. The van der Waals surface area contributed by atoms with Gasteiger partial charge >= 0.3 is 0 Å². The maximum atomic E-state index is 5.81. The molecule has 1 aromatic heterocycles. The van der Waals surface area contributed by atoms with Crippen molar-refractivity contribution < 1.29 is 4.74 Å². The highest BCUT2D eigenvalue weighted by molar-refractivity contribution is 6.13. The summed E-state index contributed by atoms with van der Waals surface area (Å²) in [5.74, 6) is 1.37. The van der Waals surface area contributed by atoms with E-state index in [0.29, 0.717) is 12.4 Å². The second-order valence-electron chi connectivity index (χ2n) is 6.32. The first-order chi connectivity index (χ1) is 13.9. The average Bonchev–Trinajstić information content (AvgIpc) is 2.79. The van der Waals surface area contributed by atoms with Gasteiger partial charge in [-0.25, -0.2) is 9.98 Å². The number of hydrogen-bond donors (Lipinski definition) is 0. The van der Waals surface area contributed by atoms with Gasteiger partial charge in [0.1, 0.15) is 12.4 Å². The van der Waals surface area contributed by atoms with Crippen LogP contribution in [-0.4, -0.2) is 10.7 Å². The molecule has 28 heavy (non-hydrogen) atoms. The van der Waals surface area contributed by atoms with Crippen LogP contribution in [0.1, 0.15) is 16.7 Å². The summed E-state index contributed by atoms with van der Waals surface area (Å²) in [6, 6.07) is 34.2. The normalized spacial score (nSPS) is 10.3. The summed E-state index contributed by atoms with van der Waals surface area (Å²) in [7, 11) is 0. The molecule has 1 heterocycles. The van der Waals surface area contributed by atoms with Crippen LogP contribution in [0, 0.1) is 0 Å². The van der Waals surface area contributed by atoms with Gasteiger partial charge in [-0.05, 0) is 17.7 Å². The lowest BCUT2D eigenvalue weighted by molar-refractivity contribution is 0.305. The molecule has 3 heteroatoms. The third kappa shape index (κ3) is 4.51. The predicted molar refractivity (Wildman–Crippen MR) is 113 cm³/mol. The Morgan fingerprint density at radius 3 is 1.79 bits per heavy atom. The number of ether oxygens (including phenoxy) is 1. The zero-order chi connectivity index (χ0) is 19.0. The average molecular weight is 364 g/mol. The lowest BCUT2D eigenvalue weighted by Gasteiger charge is -2.08. The lowest BCUT2D eigenvalue weighted by Crippen LogP contribution is -2.02. The van der Waals surface area contributed by atoms with Crippen molar-refractivity contribution >= 4 is 11.5 Å². The van der Waals surface area contributed by atoms with Crippen LogP contribution in [0.15, 0.2) is 114 Å². The van der Waals surface area contributed by atoms with Crippen LogP contribution in [0.5, 0.6) is 5.75 Å². The second-order valence-corrected chi connectivity index (χ2v) is 6.32. The van der Waals surface area contributed by atoms with Crippen molar-refractivity contribution in [1.29, 1.82) is 0 Å². The molecule has 0 atom stereocenters. The SMILES string of the molecule is c1ccc(COc2ccc(N=C(c3ccccc3)c3ccccc3)nc2)cc1. The van der Waals surface area contributed by atoms with Crippen LogP contribution in [-0.2, 0) is 6.61 Å². The molecule has 0 unspecified atom stereocenters. The fraction of sp³-hybridized carbons (Fsp3) is 0.0400. The Kier molecular flexibility index (Phi) is 5.54. The fourth-order valence-electron chi connectivity index (χ4n) is 2.87. The molecule has 0 amide bonds. The highest BCUT2D eigenvalue weighted by Gasteiger charge is 2.07. The topological polar surface area (TPSA) is 34.5 Å². The molecule has 0 saturated heterocycles. The zero-order valence-electron chi connectivity index (χ0n) is 15.4. The largest absolute Gasteiger partial charge is 0.487 e. The van der Waals surface area contributed by atoms with Crippen LogP contribution in [0.4, 0.5) is 5.82 Å². The van der Waals surface area contributed by atoms with Crippen molar-refractivity contribution in [1.82, 2.24) is 4.98 Å². The number of aromatic nitrogens is 1. The van der Waals surface area contributed by atoms with Crippen LogP contribution in [0.2, 0.25) is 0 Å². The number of rotatable bonds is 6. The van der Waals surface area contributed by atoms with E-state index in [4.69, 9.17) is 9.73 Å². The Morgan fingerprint density at radius 2 is 1.25 bits per heavy atom. The summed E-state index contributed by atoms with van der Waals surface area (Å²) in [6.07, 6.45) is 1.72. The number of pyridine rings is 1. The summed E-state index contributed by atoms with van der Waals surface area (Å²) < 4.78 is 5.81. The molecular formula is C25H20N2O. The van der Waals surface area contributed by atoms with Gasteiger partial charge in [-0.2, -0.15) is 0 Å². The third-order valence-electron chi connectivity index (χ3n) is 4.29. The van der Waals surface area contributed by atoms with Crippen LogP contribution >= 0.6 is 0 Å². The van der Waals surface area contributed by atoms with E-state index in [9.17, 15) is 0 Å².